The number of aromatic nitrogens is 1. The quantitative estimate of drug-likeness (QED) is 0.605. The Labute approximate surface area is 123 Å². The fourth-order valence-electron chi connectivity index (χ4n) is 1.80. The highest BCUT2D eigenvalue weighted by Crippen LogP contribution is 2.27. The number of hydrogen-bond acceptors (Lipinski definition) is 1. The van der Waals surface area contributed by atoms with E-state index in [0.717, 1.165) is 12.1 Å². The molecule has 0 saturated carbocycles. The zero-order valence-electron chi connectivity index (χ0n) is 13.9. The Kier molecular flexibility index (Phi) is 4.90. The number of pyridine rings is 1. The summed E-state index contributed by atoms with van der Waals surface area (Å²) in [5.41, 5.74) is 2.02. The van der Waals surface area contributed by atoms with Crippen molar-refractivity contribution in [2.45, 2.75) is 55.0 Å². The van der Waals surface area contributed by atoms with Crippen molar-refractivity contribution in [2.24, 2.45) is 10.8 Å². The van der Waals surface area contributed by atoms with Crippen LogP contribution in [0.5, 0.6) is 0 Å². The first kappa shape index (κ1) is 16.6. The molecule has 0 fully saturated rings. The van der Waals surface area contributed by atoms with Crippen LogP contribution in [0.25, 0.3) is 0 Å². The van der Waals surface area contributed by atoms with Crippen molar-refractivity contribution in [3.8, 4) is 0 Å². The lowest BCUT2D eigenvalue weighted by atomic mass is 9.82. The lowest BCUT2D eigenvalue weighted by molar-refractivity contribution is -0.695. The molecule has 0 aliphatic rings. The highest BCUT2D eigenvalue weighted by atomic mass is 16.1. The third-order valence-electron chi connectivity index (χ3n) is 3.52. The summed E-state index contributed by atoms with van der Waals surface area (Å²) < 4.78 is 2.19. The summed E-state index contributed by atoms with van der Waals surface area (Å²) in [5, 5.41) is 0. The molecule has 1 heterocycles. The molecule has 0 N–H and O–H groups in total. The van der Waals surface area contributed by atoms with E-state index in [2.05, 4.69) is 44.5 Å². The molecule has 1 aromatic rings. The highest BCUT2D eigenvalue weighted by Gasteiger charge is 2.26. The van der Waals surface area contributed by atoms with Gasteiger partial charge in [-0.15, -0.1) is 0 Å². The molecule has 0 aliphatic heterocycles. The van der Waals surface area contributed by atoms with Gasteiger partial charge in [0.05, 0.1) is 0 Å². The van der Waals surface area contributed by atoms with E-state index in [1.807, 2.05) is 39.0 Å². The molecule has 110 valence electrons. The Morgan fingerprint density at radius 1 is 1.10 bits per heavy atom. The zero-order valence-corrected chi connectivity index (χ0v) is 13.9. The van der Waals surface area contributed by atoms with Crippen molar-refractivity contribution >= 4 is 5.78 Å². The summed E-state index contributed by atoms with van der Waals surface area (Å²) >= 11 is 0. The smallest absolute Gasteiger partial charge is 0.178 e. The van der Waals surface area contributed by atoms with E-state index in [9.17, 15) is 4.79 Å². The van der Waals surface area contributed by atoms with Crippen LogP contribution < -0.4 is 4.57 Å². The Bertz CT molecular complexity index is 513. The van der Waals surface area contributed by atoms with E-state index in [-0.39, 0.29) is 16.6 Å². The van der Waals surface area contributed by atoms with E-state index >= 15 is 0 Å². The Hall–Kier alpha value is -1.44. The third kappa shape index (κ3) is 4.59. The monoisotopic (exact) mass is 274 g/mol. The molecule has 0 unspecified atom stereocenters. The minimum absolute atomic E-state index is 0.0177. The molecule has 1 aromatic heterocycles. The predicted octanol–water partition coefficient (Wildman–Crippen LogP) is 3.87. The largest absolute Gasteiger partial charge is 0.294 e. The van der Waals surface area contributed by atoms with Gasteiger partial charge in [-0.05, 0) is 11.5 Å². The second kappa shape index (κ2) is 5.90. The van der Waals surface area contributed by atoms with Crippen molar-refractivity contribution in [3.63, 3.8) is 0 Å². The topological polar surface area (TPSA) is 20.9 Å². The van der Waals surface area contributed by atoms with Crippen molar-refractivity contribution in [1.82, 2.24) is 0 Å². The van der Waals surface area contributed by atoms with Crippen LogP contribution in [-0.2, 0) is 11.3 Å². The molecule has 2 heteroatoms. The first-order valence-corrected chi connectivity index (χ1v) is 7.22. The van der Waals surface area contributed by atoms with Crippen molar-refractivity contribution in [1.29, 1.82) is 0 Å². The average molecular weight is 274 g/mol. The van der Waals surface area contributed by atoms with E-state index in [1.54, 1.807) is 0 Å². The summed E-state index contributed by atoms with van der Waals surface area (Å²) in [7, 11) is 0. The molecule has 0 amide bonds. The van der Waals surface area contributed by atoms with Gasteiger partial charge in [-0.2, -0.15) is 4.57 Å². The lowest BCUT2D eigenvalue weighted by Crippen LogP contribution is -2.40. The van der Waals surface area contributed by atoms with Crippen LogP contribution >= 0.6 is 0 Å². The second-order valence-corrected chi connectivity index (χ2v) is 7.50. The van der Waals surface area contributed by atoms with Gasteiger partial charge in [0.1, 0.15) is 0 Å². The SMILES string of the molecule is Cc1cccc[n+]1CC(=CC(=O)C(C)(C)C)C(C)(C)C. The maximum atomic E-state index is 12.3. The standard InChI is InChI=1S/C18H28NO/c1-14-10-8-9-11-19(14)13-15(17(2,3)4)12-16(20)18(5,6)7/h8-12H,13H2,1-7H3/q+1. The molecular weight excluding hydrogens is 246 g/mol. The third-order valence-corrected chi connectivity index (χ3v) is 3.52. The molecule has 0 atom stereocenters. The summed E-state index contributed by atoms with van der Waals surface area (Å²) in [6.45, 7) is 15.2. The molecule has 0 bridgehead atoms. The summed E-state index contributed by atoms with van der Waals surface area (Å²) in [6, 6.07) is 6.15. The maximum Gasteiger partial charge on any atom is 0.178 e. The van der Waals surface area contributed by atoms with Gasteiger partial charge in [0, 0.05) is 30.0 Å². The van der Waals surface area contributed by atoms with E-state index < -0.39 is 0 Å². The van der Waals surface area contributed by atoms with Crippen LogP contribution in [-0.4, -0.2) is 5.78 Å². The number of hydrogen-bond donors (Lipinski definition) is 0. The van der Waals surface area contributed by atoms with Gasteiger partial charge in [-0.1, -0.05) is 47.6 Å². The average Bonchev–Trinajstić information content (AvgIpc) is 2.28. The summed E-state index contributed by atoms with van der Waals surface area (Å²) in [6.07, 6.45) is 3.91. The van der Waals surface area contributed by atoms with Gasteiger partial charge in [-0.25, -0.2) is 0 Å². The van der Waals surface area contributed by atoms with Gasteiger partial charge < -0.3 is 0 Å². The Morgan fingerprint density at radius 2 is 1.70 bits per heavy atom. The van der Waals surface area contributed by atoms with E-state index in [4.69, 9.17) is 0 Å². The minimum atomic E-state index is -0.326. The summed E-state index contributed by atoms with van der Waals surface area (Å²) in [4.78, 5) is 12.3. The first-order chi connectivity index (χ1) is 9.01. The number of carbonyl (C=O) groups excluding carboxylic acids is 1. The van der Waals surface area contributed by atoms with E-state index in [0.29, 0.717) is 0 Å². The van der Waals surface area contributed by atoms with Crippen LogP contribution in [0.4, 0.5) is 0 Å². The fraction of sp³-hybridized carbons (Fsp3) is 0.556. The van der Waals surface area contributed by atoms with Gasteiger partial charge in [0.25, 0.3) is 0 Å². The van der Waals surface area contributed by atoms with Gasteiger partial charge in [0.2, 0.25) is 0 Å². The summed E-state index contributed by atoms with van der Waals surface area (Å²) in [5.74, 6) is 0.191. The molecule has 2 nitrogen and oxygen atoms in total. The lowest BCUT2D eigenvalue weighted by Gasteiger charge is -2.23. The molecule has 0 saturated heterocycles. The molecule has 0 aliphatic carbocycles. The van der Waals surface area contributed by atoms with Crippen LogP contribution in [0, 0.1) is 17.8 Å². The van der Waals surface area contributed by atoms with Crippen LogP contribution in [0.1, 0.15) is 47.2 Å². The number of aryl methyl sites for hydroxylation is 1. The van der Waals surface area contributed by atoms with Crippen LogP contribution in [0.3, 0.4) is 0 Å². The predicted molar refractivity (Wildman–Crippen MR) is 83.4 cm³/mol. The second-order valence-electron chi connectivity index (χ2n) is 7.50. The van der Waals surface area contributed by atoms with Crippen molar-refractivity contribution in [3.05, 3.63) is 41.7 Å². The number of rotatable bonds is 3. The molecule has 0 spiro atoms. The number of carbonyl (C=O) groups is 1. The van der Waals surface area contributed by atoms with Crippen LogP contribution in [0.2, 0.25) is 0 Å². The first-order valence-electron chi connectivity index (χ1n) is 7.22. The normalized spacial score (nSPS) is 13.4. The Morgan fingerprint density at radius 3 is 2.15 bits per heavy atom. The van der Waals surface area contributed by atoms with E-state index in [1.165, 1.54) is 5.69 Å². The fourth-order valence-corrected chi connectivity index (χ4v) is 1.80. The van der Waals surface area contributed by atoms with Crippen molar-refractivity contribution in [2.75, 3.05) is 0 Å². The molecular formula is C18H28NO+. The van der Waals surface area contributed by atoms with Gasteiger partial charge >= 0.3 is 0 Å². The van der Waals surface area contributed by atoms with Crippen molar-refractivity contribution < 1.29 is 9.36 Å². The zero-order chi connectivity index (χ0) is 15.6. The molecule has 0 radical (unpaired) electrons. The highest BCUT2D eigenvalue weighted by molar-refractivity contribution is 5.94. The number of allylic oxidation sites excluding steroid dienone is 2. The minimum Gasteiger partial charge on any atom is -0.294 e. The van der Waals surface area contributed by atoms with Gasteiger partial charge in [0.15, 0.2) is 24.2 Å². The number of ketones is 1. The maximum absolute atomic E-state index is 12.3. The molecule has 0 aromatic carbocycles. The number of nitrogens with zero attached hydrogens (tertiary/aromatic N) is 1. The van der Waals surface area contributed by atoms with Gasteiger partial charge in [-0.3, -0.25) is 4.79 Å². The van der Waals surface area contributed by atoms with Crippen LogP contribution in [0.15, 0.2) is 36.0 Å². The molecule has 20 heavy (non-hydrogen) atoms. The Balaban J connectivity index is 3.13. The molecule has 1 rings (SSSR count).